The highest BCUT2D eigenvalue weighted by molar-refractivity contribution is 8.00. The van der Waals surface area contributed by atoms with Gasteiger partial charge in [0.25, 0.3) is 0 Å². The van der Waals surface area contributed by atoms with E-state index in [1.165, 1.54) is 35.3 Å². The van der Waals surface area contributed by atoms with E-state index in [4.69, 9.17) is 4.74 Å². The van der Waals surface area contributed by atoms with Crippen LogP contribution in [-0.4, -0.2) is 31.4 Å². The average Bonchev–Trinajstić information content (AvgIpc) is 2.88. The third kappa shape index (κ3) is 3.18. The summed E-state index contributed by atoms with van der Waals surface area (Å²) in [7, 11) is 0. The van der Waals surface area contributed by atoms with Gasteiger partial charge in [-0.15, -0.1) is 11.8 Å². The number of carbonyl (C=O) groups is 1. The van der Waals surface area contributed by atoms with E-state index in [-0.39, 0.29) is 11.3 Å². The van der Waals surface area contributed by atoms with Gasteiger partial charge in [-0.1, -0.05) is 13.0 Å². The maximum Gasteiger partial charge on any atom is 0.230 e. The fourth-order valence-electron chi connectivity index (χ4n) is 2.70. The third-order valence-electron chi connectivity index (χ3n) is 4.05. The van der Waals surface area contributed by atoms with Gasteiger partial charge in [0, 0.05) is 16.9 Å². The summed E-state index contributed by atoms with van der Waals surface area (Å²) < 4.78 is 5.19. The summed E-state index contributed by atoms with van der Waals surface area (Å²) in [5.74, 6) is 0.610. The van der Waals surface area contributed by atoms with Gasteiger partial charge in [-0.25, -0.2) is 0 Å². The number of thioether (sulfide) groups is 1. The molecule has 1 N–H and O–H groups in total. The molecular weight excluding hydrogens is 270 g/mol. The van der Waals surface area contributed by atoms with Gasteiger partial charge in [0.1, 0.15) is 0 Å². The Morgan fingerprint density at radius 1 is 1.35 bits per heavy atom. The van der Waals surface area contributed by atoms with Crippen molar-refractivity contribution in [2.24, 2.45) is 5.41 Å². The Labute approximate surface area is 124 Å². The van der Waals surface area contributed by atoms with Gasteiger partial charge >= 0.3 is 0 Å². The molecular formula is C16H21NO2S. The number of aryl methyl sites for hydroxylation is 2. The van der Waals surface area contributed by atoms with Gasteiger partial charge < -0.3 is 10.1 Å². The molecule has 108 valence electrons. The second-order valence-corrected chi connectivity index (χ2v) is 7.20. The van der Waals surface area contributed by atoms with E-state index in [1.807, 2.05) is 0 Å². The molecule has 20 heavy (non-hydrogen) atoms. The molecule has 1 aliphatic heterocycles. The molecule has 0 saturated carbocycles. The minimum absolute atomic E-state index is 0.114. The lowest BCUT2D eigenvalue weighted by Gasteiger charge is -2.38. The first-order valence-electron chi connectivity index (χ1n) is 7.24. The van der Waals surface area contributed by atoms with Crippen LogP contribution in [0.1, 0.15) is 24.5 Å². The van der Waals surface area contributed by atoms with E-state index < -0.39 is 0 Å². The van der Waals surface area contributed by atoms with Crippen molar-refractivity contribution in [3.8, 4) is 0 Å². The minimum atomic E-state index is 0.114. The molecule has 0 spiro atoms. The van der Waals surface area contributed by atoms with Crippen molar-refractivity contribution in [2.45, 2.75) is 31.1 Å². The molecule has 1 amide bonds. The Balaban J connectivity index is 1.45. The van der Waals surface area contributed by atoms with Gasteiger partial charge in [0.15, 0.2) is 0 Å². The number of nitrogens with one attached hydrogen (secondary N) is 1. The second-order valence-electron chi connectivity index (χ2n) is 6.15. The van der Waals surface area contributed by atoms with E-state index in [1.54, 1.807) is 11.8 Å². The number of rotatable bonds is 5. The van der Waals surface area contributed by atoms with Crippen LogP contribution in [0.2, 0.25) is 0 Å². The largest absolute Gasteiger partial charge is 0.380 e. The third-order valence-corrected chi connectivity index (χ3v) is 5.05. The molecule has 4 heteroatoms. The van der Waals surface area contributed by atoms with E-state index in [2.05, 4.69) is 30.4 Å². The number of amides is 1. The van der Waals surface area contributed by atoms with Gasteiger partial charge in [0.2, 0.25) is 5.91 Å². The van der Waals surface area contributed by atoms with Gasteiger partial charge in [-0.05, 0) is 42.5 Å². The summed E-state index contributed by atoms with van der Waals surface area (Å²) in [4.78, 5) is 13.1. The van der Waals surface area contributed by atoms with Crippen LogP contribution >= 0.6 is 11.8 Å². The van der Waals surface area contributed by atoms with E-state index in [0.29, 0.717) is 5.75 Å². The van der Waals surface area contributed by atoms with Crippen molar-refractivity contribution in [3.05, 3.63) is 29.3 Å². The van der Waals surface area contributed by atoms with Crippen LogP contribution in [0.25, 0.3) is 0 Å². The zero-order valence-electron chi connectivity index (χ0n) is 11.9. The predicted molar refractivity (Wildman–Crippen MR) is 81.1 cm³/mol. The molecule has 1 aromatic carbocycles. The fraction of sp³-hybridized carbons (Fsp3) is 0.562. The summed E-state index contributed by atoms with van der Waals surface area (Å²) in [6.07, 6.45) is 3.67. The van der Waals surface area contributed by atoms with Crippen LogP contribution in [-0.2, 0) is 22.4 Å². The SMILES string of the molecule is CC1(CNC(=O)CSc2ccc3c(c2)CCC3)COC1. The van der Waals surface area contributed by atoms with Gasteiger partial charge in [-0.3, -0.25) is 4.79 Å². The Bertz CT molecular complexity index is 511. The minimum Gasteiger partial charge on any atom is -0.380 e. The van der Waals surface area contributed by atoms with Crippen LogP contribution in [0.4, 0.5) is 0 Å². The number of ether oxygens (including phenoxy) is 1. The van der Waals surface area contributed by atoms with Crippen molar-refractivity contribution in [3.63, 3.8) is 0 Å². The molecule has 1 fully saturated rings. The van der Waals surface area contributed by atoms with Crippen molar-refractivity contribution in [2.75, 3.05) is 25.5 Å². The van der Waals surface area contributed by atoms with Gasteiger partial charge in [0.05, 0.1) is 19.0 Å². The summed E-state index contributed by atoms with van der Waals surface area (Å²) in [5.41, 5.74) is 3.10. The monoisotopic (exact) mass is 291 g/mol. The van der Waals surface area contributed by atoms with Crippen LogP contribution in [0, 0.1) is 5.41 Å². The molecule has 0 radical (unpaired) electrons. The summed E-state index contributed by atoms with van der Waals surface area (Å²) in [6, 6.07) is 6.61. The quantitative estimate of drug-likeness (QED) is 0.847. The predicted octanol–water partition coefficient (Wildman–Crippen LogP) is 2.42. The highest BCUT2D eigenvalue weighted by atomic mass is 32.2. The van der Waals surface area contributed by atoms with Gasteiger partial charge in [-0.2, -0.15) is 0 Å². The van der Waals surface area contributed by atoms with Crippen LogP contribution in [0.3, 0.4) is 0 Å². The molecule has 3 nitrogen and oxygen atoms in total. The molecule has 0 unspecified atom stereocenters. The van der Waals surface area contributed by atoms with Crippen molar-refractivity contribution in [1.82, 2.24) is 5.32 Å². The van der Waals surface area contributed by atoms with Crippen molar-refractivity contribution in [1.29, 1.82) is 0 Å². The fourth-order valence-corrected chi connectivity index (χ4v) is 3.49. The summed E-state index contributed by atoms with van der Waals surface area (Å²) in [6.45, 7) is 4.37. The Morgan fingerprint density at radius 2 is 2.15 bits per heavy atom. The first kappa shape index (κ1) is 14.0. The van der Waals surface area contributed by atoms with E-state index in [0.717, 1.165) is 19.8 Å². The van der Waals surface area contributed by atoms with Crippen molar-refractivity contribution >= 4 is 17.7 Å². The maximum atomic E-state index is 11.9. The van der Waals surface area contributed by atoms with Crippen LogP contribution < -0.4 is 5.32 Å². The smallest absolute Gasteiger partial charge is 0.230 e. The molecule has 0 aromatic heterocycles. The zero-order valence-corrected chi connectivity index (χ0v) is 12.7. The van der Waals surface area contributed by atoms with Crippen molar-refractivity contribution < 1.29 is 9.53 Å². The molecule has 1 saturated heterocycles. The summed E-state index contributed by atoms with van der Waals surface area (Å²) in [5, 5.41) is 3.01. The molecule has 0 bridgehead atoms. The molecule has 1 aromatic rings. The first-order valence-corrected chi connectivity index (χ1v) is 8.22. The molecule has 1 heterocycles. The molecule has 0 atom stereocenters. The normalized spacial score (nSPS) is 19.2. The lowest BCUT2D eigenvalue weighted by Crippen LogP contribution is -2.48. The second kappa shape index (κ2) is 5.78. The van der Waals surface area contributed by atoms with Crippen LogP contribution in [0.15, 0.2) is 23.1 Å². The zero-order chi connectivity index (χ0) is 14.0. The van der Waals surface area contributed by atoms with Crippen LogP contribution in [0.5, 0.6) is 0 Å². The van der Waals surface area contributed by atoms with E-state index in [9.17, 15) is 4.79 Å². The molecule has 2 aliphatic rings. The highest BCUT2D eigenvalue weighted by Gasteiger charge is 2.33. The average molecular weight is 291 g/mol. The maximum absolute atomic E-state index is 11.9. The number of fused-ring (bicyclic) bond motifs is 1. The Kier molecular flexibility index (Phi) is 4.03. The number of benzene rings is 1. The highest BCUT2D eigenvalue weighted by Crippen LogP contribution is 2.28. The summed E-state index contributed by atoms with van der Waals surface area (Å²) >= 11 is 1.63. The number of carbonyl (C=O) groups excluding carboxylic acids is 1. The number of hydrogen-bond acceptors (Lipinski definition) is 3. The molecule has 3 rings (SSSR count). The molecule has 1 aliphatic carbocycles. The topological polar surface area (TPSA) is 38.3 Å². The lowest BCUT2D eigenvalue weighted by atomic mass is 9.89. The van der Waals surface area contributed by atoms with E-state index >= 15 is 0 Å². The lowest BCUT2D eigenvalue weighted by molar-refractivity contribution is -0.124. The standard InChI is InChI=1S/C16H21NO2S/c1-16(10-19-11-16)9-17-15(18)8-20-14-6-5-12-3-2-4-13(12)7-14/h5-7H,2-4,8-11H2,1H3,(H,17,18). The number of hydrogen-bond donors (Lipinski definition) is 1. The first-order chi connectivity index (χ1) is 9.65. The Hall–Kier alpha value is -1.00. The Morgan fingerprint density at radius 3 is 2.90 bits per heavy atom.